The standard InChI is InChI=1S/C16H17FN2O3S2/c1-2-15(20)19-8-7-14-11(10-19)9-16(23-14)24(21,22)18-13-5-3-12(17)4-6-13/h3-6,9,18H,2,7-8,10H2,1H3. The molecule has 5 nitrogen and oxygen atoms in total. The van der Waals surface area contributed by atoms with Crippen molar-refractivity contribution in [2.45, 2.75) is 30.5 Å². The third-order valence-electron chi connectivity index (χ3n) is 3.86. The maximum atomic E-state index is 12.9. The molecule has 0 spiro atoms. The zero-order chi connectivity index (χ0) is 17.3. The maximum Gasteiger partial charge on any atom is 0.271 e. The quantitative estimate of drug-likeness (QED) is 0.902. The van der Waals surface area contributed by atoms with E-state index in [0.717, 1.165) is 10.4 Å². The van der Waals surface area contributed by atoms with Crippen LogP contribution in [0.15, 0.2) is 34.5 Å². The second-order valence-corrected chi connectivity index (χ2v) is 8.59. The SMILES string of the molecule is CCC(=O)N1CCc2sc(S(=O)(=O)Nc3ccc(F)cc3)cc2C1. The molecule has 0 atom stereocenters. The number of hydrogen-bond donors (Lipinski definition) is 1. The summed E-state index contributed by atoms with van der Waals surface area (Å²) in [6, 6.07) is 6.78. The van der Waals surface area contributed by atoms with Gasteiger partial charge in [-0.05, 0) is 42.3 Å². The second kappa shape index (κ2) is 6.52. The molecule has 1 aliphatic rings. The average molecular weight is 368 g/mol. The van der Waals surface area contributed by atoms with Gasteiger partial charge in [0.2, 0.25) is 5.91 Å². The Bertz CT molecular complexity index is 860. The minimum absolute atomic E-state index is 0.0701. The molecule has 2 aromatic rings. The number of hydrogen-bond acceptors (Lipinski definition) is 4. The minimum atomic E-state index is -3.72. The maximum absolute atomic E-state index is 12.9. The number of anilines is 1. The summed E-state index contributed by atoms with van der Waals surface area (Å²) < 4.78 is 40.6. The number of carbonyl (C=O) groups excluding carboxylic acids is 1. The van der Waals surface area contributed by atoms with E-state index in [1.807, 2.05) is 6.92 Å². The van der Waals surface area contributed by atoms with Gasteiger partial charge < -0.3 is 4.90 Å². The van der Waals surface area contributed by atoms with E-state index in [1.165, 1.54) is 35.6 Å². The molecule has 1 aliphatic heterocycles. The van der Waals surface area contributed by atoms with Crippen molar-refractivity contribution < 1.29 is 17.6 Å². The van der Waals surface area contributed by atoms with Gasteiger partial charge in [-0.25, -0.2) is 12.8 Å². The molecule has 1 aromatic carbocycles. The highest BCUT2D eigenvalue weighted by molar-refractivity contribution is 7.94. The van der Waals surface area contributed by atoms with Crippen molar-refractivity contribution >= 4 is 33.0 Å². The lowest BCUT2D eigenvalue weighted by Gasteiger charge is -2.26. The molecule has 0 aliphatic carbocycles. The van der Waals surface area contributed by atoms with E-state index in [9.17, 15) is 17.6 Å². The Kier molecular flexibility index (Phi) is 4.60. The summed E-state index contributed by atoms with van der Waals surface area (Å²) in [5, 5.41) is 0. The summed E-state index contributed by atoms with van der Waals surface area (Å²) >= 11 is 1.22. The molecule has 24 heavy (non-hydrogen) atoms. The van der Waals surface area contributed by atoms with Crippen LogP contribution < -0.4 is 4.72 Å². The topological polar surface area (TPSA) is 66.5 Å². The van der Waals surface area contributed by atoms with Crippen LogP contribution in [0.3, 0.4) is 0 Å². The zero-order valence-electron chi connectivity index (χ0n) is 13.1. The molecule has 1 aromatic heterocycles. The van der Waals surface area contributed by atoms with Crippen molar-refractivity contribution in [1.82, 2.24) is 4.90 Å². The number of benzene rings is 1. The van der Waals surface area contributed by atoms with E-state index < -0.39 is 15.8 Å². The number of carbonyl (C=O) groups is 1. The Morgan fingerprint density at radius 1 is 1.33 bits per heavy atom. The first-order valence-corrected chi connectivity index (χ1v) is 9.87. The molecule has 0 bridgehead atoms. The minimum Gasteiger partial charge on any atom is -0.338 e. The van der Waals surface area contributed by atoms with E-state index in [1.54, 1.807) is 11.0 Å². The first kappa shape index (κ1) is 16.9. The van der Waals surface area contributed by atoms with Crippen LogP contribution >= 0.6 is 11.3 Å². The highest BCUT2D eigenvalue weighted by Gasteiger charge is 2.26. The predicted octanol–water partition coefficient (Wildman–Crippen LogP) is 2.98. The van der Waals surface area contributed by atoms with Gasteiger partial charge in [0.05, 0.1) is 0 Å². The van der Waals surface area contributed by atoms with Crippen molar-refractivity contribution in [1.29, 1.82) is 0 Å². The molecule has 0 saturated carbocycles. The van der Waals surface area contributed by atoms with Gasteiger partial charge in [0.25, 0.3) is 10.0 Å². The van der Waals surface area contributed by atoms with Gasteiger partial charge in [-0.1, -0.05) is 6.92 Å². The molecule has 2 heterocycles. The van der Waals surface area contributed by atoms with Gasteiger partial charge in [-0.2, -0.15) is 0 Å². The van der Waals surface area contributed by atoms with E-state index in [4.69, 9.17) is 0 Å². The molecule has 3 rings (SSSR count). The number of thiophene rings is 1. The van der Waals surface area contributed by atoms with Crippen LogP contribution in [0.2, 0.25) is 0 Å². The normalized spacial score (nSPS) is 14.3. The zero-order valence-corrected chi connectivity index (χ0v) is 14.7. The second-order valence-electron chi connectivity index (χ2n) is 5.55. The van der Waals surface area contributed by atoms with Gasteiger partial charge in [-0.15, -0.1) is 11.3 Å². The van der Waals surface area contributed by atoms with Crippen LogP contribution in [0, 0.1) is 5.82 Å². The molecule has 0 radical (unpaired) electrons. The van der Waals surface area contributed by atoms with Crippen molar-refractivity contribution in [2.75, 3.05) is 11.3 Å². The number of nitrogens with zero attached hydrogens (tertiary/aromatic N) is 1. The lowest BCUT2D eigenvalue weighted by molar-refractivity contribution is -0.131. The summed E-state index contributed by atoms with van der Waals surface area (Å²) in [4.78, 5) is 14.6. The van der Waals surface area contributed by atoms with Crippen molar-refractivity contribution in [3.63, 3.8) is 0 Å². The fraction of sp³-hybridized carbons (Fsp3) is 0.312. The molecule has 0 fully saturated rings. The summed E-state index contributed by atoms with van der Waals surface area (Å²) in [6.07, 6.45) is 1.11. The van der Waals surface area contributed by atoms with Crippen LogP contribution in [0.4, 0.5) is 10.1 Å². The van der Waals surface area contributed by atoms with Crippen LogP contribution in [-0.4, -0.2) is 25.8 Å². The monoisotopic (exact) mass is 368 g/mol. The molecule has 0 saturated heterocycles. The highest BCUT2D eigenvalue weighted by Crippen LogP contribution is 2.32. The highest BCUT2D eigenvalue weighted by atomic mass is 32.2. The molecular weight excluding hydrogens is 351 g/mol. The van der Waals surface area contributed by atoms with E-state index in [2.05, 4.69) is 4.72 Å². The first-order chi connectivity index (χ1) is 11.4. The van der Waals surface area contributed by atoms with Crippen molar-refractivity contribution in [2.24, 2.45) is 0 Å². The molecule has 0 unspecified atom stereocenters. The first-order valence-electron chi connectivity index (χ1n) is 7.57. The molecule has 1 N–H and O–H groups in total. The molecule has 1 amide bonds. The lowest BCUT2D eigenvalue weighted by atomic mass is 10.1. The molecule has 128 valence electrons. The van der Waals surface area contributed by atoms with Crippen LogP contribution in [-0.2, 0) is 27.8 Å². The predicted molar refractivity (Wildman–Crippen MR) is 90.9 cm³/mol. The van der Waals surface area contributed by atoms with E-state index in [0.29, 0.717) is 31.6 Å². The number of fused-ring (bicyclic) bond motifs is 1. The van der Waals surface area contributed by atoms with Gasteiger partial charge in [0.15, 0.2) is 0 Å². The molecule has 8 heteroatoms. The smallest absolute Gasteiger partial charge is 0.271 e. The number of halogens is 1. The Hall–Kier alpha value is -1.93. The van der Waals surface area contributed by atoms with Crippen LogP contribution in [0.1, 0.15) is 23.8 Å². The third kappa shape index (κ3) is 3.44. The van der Waals surface area contributed by atoms with Gasteiger partial charge >= 0.3 is 0 Å². The number of nitrogens with one attached hydrogen (secondary N) is 1. The van der Waals surface area contributed by atoms with Crippen molar-refractivity contribution in [3.05, 3.63) is 46.6 Å². The largest absolute Gasteiger partial charge is 0.338 e. The Labute approximate surface area is 144 Å². The average Bonchev–Trinajstić information content (AvgIpc) is 3.00. The summed E-state index contributed by atoms with van der Waals surface area (Å²) in [5.74, 6) is -0.356. The van der Waals surface area contributed by atoms with Crippen LogP contribution in [0.5, 0.6) is 0 Å². The van der Waals surface area contributed by atoms with E-state index >= 15 is 0 Å². The number of rotatable bonds is 4. The fourth-order valence-electron chi connectivity index (χ4n) is 2.60. The van der Waals surface area contributed by atoms with Gasteiger partial charge in [-0.3, -0.25) is 9.52 Å². The summed E-state index contributed by atoms with van der Waals surface area (Å²) in [7, 11) is -3.72. The Morgan fingerprint density at radius 2 is 2.04 bits per heavy atom. The lowest BCUT2D eigenvalue weighted by Crippen LogP contribution is -2.34. The molecular formula is C16H17FN2O3S2. The Balaban J connectivity index is 1.82. The van der Waals surface area contributed by atoms with E-state index in [-0.39, 0.29) is 10.1 Å². The fourth-order valence-corrected chi connectivity index (χ4v) is 5.20. The van der Waals surface area contributed by atoms with Crippen molar-refractivity contribution in [3.8, 4) is 0 Å². The number of amides is 1. The van der Waals surface area contributed by atoms with Gasteiger partial charge in [0, 0.05) is 30.1 Å². The van der Waals surface area contributed by atoms with Crippen LogP contribution in [0.25, 0.3) is 0 Å². The Morgan fingerprint density at radius 3 is 2.71 bits per heavy atom. The number of sulfonamides is 1. The third-order valence-corrected chi connectivity index (χ3v) is 6.95. The summed E-state index contributed by atoms with van der Waals surface area (Å²) in [6.45, 7) is 2.88. The van der Waals surface area contributed by atoms with Gasteiger partial charge in [0.1, 0.15) is 10.0 Å². The summed E-state index contributed by atoms with van der Waals surface area (Å²) in [5.41, 5.74) is 1.19.